The number of ether oxygens (including phenoxy) is 2. The van der Waals surface area contributed by atoms with Crippen LogP contribution in [0.5, 0.6) is 5.75 Å². The molecule has 2 fully saturated rings. The van der Waals surface area contributed by atoms with Crippen LogP contribution in [-0.2, 0) is 22.4 Å². The molecule has 118 valence electrons. The van der Waals surface area contributed by atoms with E-state index in [1.54, 1.807) is 0 Å². The van der Waals surface area contributed by atoms with E-state index in [9.17, 15) is 4.79 Å². The summed E-state index contributed by atoms with van der Waals surface area (Å²) < 4.78 is 11.4. The van der Waals surface area contributed by atoms with Crippen LogP contribution in [0.15, 0.2) is 18.2 Å². The van der Waals surface area contributed by atoms with Gasteiger partial charge in [0, 0.05) is 13.0 Å². The van der Waals surface area contributed by atoms with Crippen LogP contribution in [0.1, 0.15) is 36.8 Å². The minimum absolute atomic E-state index is 0.249. The lowest BCUT2D eigenvalue weighted by molar-refractivity contribution is -0.148. The summed E-state index contributed by atoms with van der Waals surface area (Å²) in [6.07, 6.45) is 6.35. The van der Waals surface area contributed by atoms with Crippen LogP contribution in [0.4, 0.5) is 0 Å². The van der Waals surface area contributed by atoms with Gasteiger partial charge in [0.15, 0.2) is 0 Å². The van der Waals surface area contributed by atoms with Gasteiger partial charge in [-0.15, -0.1) is 0 Å². The second-order valence-corrected chi connectivity index (χ2v) is 6.57. The normalized spacial score (nSPS) is 27.0. The summed E-state index contributed by atoms with van der Waals surface area (Å²) in [7, 11) is 0. The third-order valence-corrected chi connectivity index (χ3v) is 5.16. The van der Waals surface area contributed by atoms with Crippen molar-refractivity contribution in [2.24, 2.45) is 0 Å². The number of nitrogens with zero attached hydrogens (tertiary/aromatic N) is 1. The van der Waals surface area contributed by atoms with Gasteiger partial charge in [0.25, 0.3) is 0 Å². The summed E-state index contributed by atoms with van der Waals surface area (Å²) in [6, 6.07) is 6.47. The molecule has 0 unspecified atom stereocenters. The Morgan fingerprint density at radius 3 is 3.09 bits per heavy atom. The zero-order chi connectivity index (χ0) is 14.9. The SMILES string of the molecule is O=C(Cc1ccc2c(c1)CCO2)N1CCO[C@@H]2CCCC[C@H]21. The van der Waals surface area contributed by atoms with E-state index in [4.69, 9.17) is 9.47 Å². The van der Waals surface area contributed by atoms with Gasteiger partial charge >= 0.3 is 0 Å². The lowest BCUT2D eigenvalue weighted by Crippen LogP contribution is -2.55. The Balaban J connectivity index is 1.47. The summed E-state index contributed by atoms with van der Waals surface area (Å²) in [5.41, 5.74) is 2.34. The molecule has 0 radical (unpaired) electrons. The Labute approximate surface area is 131 Å². The van der Waals surface area contributed by atoms with Gasteiger partial charge in [0.05, 0.1) is 31.8 Å². The molecule has 1 saturated carbocycles. The largest absolute Gasteiger partial charge is 0.493 e. The molecule has 22 heavy (non-hydrogen) atoms. The molecule has 1 aromatic carbocycles. The monoisotopic (exact) mass is 301 g/mol. The first-order valence-corrected chi connectivity index (χ1v) is 8.47. The highest BCUT2D eigenvalue weighted by Gasteiger charge is 2.36. The maximum absolute atomic E-state index is 12.8. The van der Waals surface area contributed by atoms with Gasteiger partial charge in [-0.3, -0.25) is 4.79 Å². The maximum Gasteiger partial charge on any atom is 0.227 e. The number of carbonyl (C=O) groups is 1. The number of benzene rings is 1. The van der Waals surface area contributed by atoms with Crippen molar-refractivity contribution in [3.8, 4) is 5.75 Å². The van der Waals surface area contributed by atoms with Crippen LogP contribution in [-0.4, -0.2) is 42.7 Å². The van der Waals surface area contributed by atoms with E-state index in [-0.39, 0.29) is 12.0 Å². The number of carbonyl (C=O) groups excluding carboxylic acids is 1. The lowest BCUT2D eigenvalue weighted by Gasteiger charge is -2.43. The highest BCUT2D eigenvalue weighted by atomic mass is 16.5. The van der Waals surface area contributed by atoms with Crippen molar-refractivity contribution in [1.82, 2.24) is 4.90 Å². The standard InChI is InChI=1S/C18H23NO3/c20-18(12-13-5-6-16-14(11-13)7-9-21-16)19-8-10-22-17-4-2-1-3-15(17)19/h5-6,11,15,17H,1-4,7-10,12H2/t15-,17-/m1/s1. The van der Waals surface area contributed by atoms with Gasteiger partial charge in [-0.25, -0.2) is 0 Å². The molecule has 2 heterocycles. The van der Waals surface area contributed by atoms with E-state index < -0.39 is 0 Å². The smallest absolute Gasteiger partial charge is 0.227 e. The topological polar surface area (TPSA) is 38.8 Å². The summed E-state index contributed by atoms with van der Waals surface area (Å²) in [5, 5.41) is 0. The number of hydrogen-bond donors (Lipinski definition) is 0. The van der Waals surface area contributed by atoms with E-state index in [2.05, 4.69) is 11.0 Å². The quantitative estimate of drug-likeness (QED) is 0.841. The van der Waals surface area contributed by atoms with Crippen LogP contribution in [0.2, 0.25) is 0 Å². The number of fused-ring (bicyclic) bond motifs is 2. The van der Waals surface area contributed by atoms with Crippen LogP contribution < -0.4 is 4.74 Å². The minimum Gasteiger partial charge on any atom is -0.493 e. The van der Waals surface area contributed by atoms with Gasteiger partial charge in [-0.2, -0.15) is 0 Å². The van der Waals surface area contributed by atoms with Gasteiger partial charge in [-0.1, -0.05) is 25.0 Å². The van der Waals surface area contributed by atoms with Crippen LogP contribution in [0, 0.1) is 0 Å². The molecular weight excluding hydrogens is 278 g/mol. The molecule has 1 aliphatic carbocycles. The number of morpholine rings is 1. The Kier molecular flexibility index (Phi) is 3.78. The highest BCUT2D eigenvalue weighted by Crippen LogP contribution is 2.30. The molecule has 1 aromatic rings. The Hall–Kier alpha value is -1.55. The van der Waals surface area contributed by atoms with E-state index in [1.807, 2.05) is 12.1 Å². The average molecular weight is 301 g/mol. The number of amides is 1. The van der Waals surface area contributed by atoms with Crippen molar-refractivity contribution in [1.29, 1.82) is 0 Å². The van der Waals surface area contributed by atoms with E-state index in [0.29, 0.717) is 19.1 Å². The van der Waals surface area contributed by atoms with E-state index in [0.717, 1.165) is 43.7 Å². The van der Waals surface area contributed by atoms with Gasteiger partial charge in [0.2, 0.25) is 5.91 Å². The zero-order valence-electron chi connectivity index (χ0n) is 12.9. The molecule has 2 aliphatic heterocycles. The molecule has 4 nitrogen and oxygen atoms in total. The van der Waals surface area contributed by atoms with E-state index >= 15 is 0 Å². The maximum atomic E-state index is 12.8. The van der Waals surface area contributed by atoms with Crippen molar-refractivity contribution in [2.45, 2.75) is 50.7 Å². The molecule has 4 rings (SSSR count). The van der Waals surface area contributed by atoms with Crippen LogP contribution in [0.25, 0.3) is 0 Å². The Bertz CT molecular complexity index is 569. The van der Waals surface area contributed by atoms with Gasteiger partial charge in [0.1, 0.15) is 5.75 Å². The van der Waals surface area contributed by atoms with Crippen molar-refractivity contribution >= 4 is 5.91 Å². The molecule has 0 aromatic heterocycles. The first kappa shape index (κ1) is 14.1. The van der Waals surface area contributed by atoms with Crippen molar-refractivity contribution < 1.29 is 14.3 Å². The Morgan fingerprint density at radius 2 is 2.14 bits per heavy atom. The first-order valence-electron chi connectivity index (χ1n) is 8.47. The molecule has 3 aliphatic rings. The zero-order valence-corrected chi connectivity index (χ0v) is 12.9. The van der Waals surface area contributed by atoms with Crippen molar-refractivity contribution in [2.75, 3.05) is 19.8 Å². The summed E-state index contributed by atoms with van der Waals surface area (Å²) in [4.78, 5) is 14.8. The predicted molar refractivity (Wildman–Crippen MR) is 83.1 cm³/mol. The second-order valence-electron chi connectivity index (χ2n) is 6.57. The van der Waals surface area contributed by atoms with Crippen LogP contribution in [0.3, 0.4) is 0 Å². The Morgan fingerprint density at radius 1 is 1.23 bits per heavy atom. The van der Waals surface area contributed by atoms with Crippen molar-refractivity contribution in [3.63, 3.8) is 0 Å². The van der Waals surface area contributed by atoms with Gasteiger partial charge in [-0.05, 0) is 30.0 Å². The molecule has 0 bridgehead atoms. The summed E-state index contributed by atoms with van der Waals surface area (Å²) in [6.45, 7) is 2.19. The fourth-order valence-corrected chi connectivity index (χ4v) is 4.03. The highest BCUT2D eigenvalue weighted by molar-refractivity contribution is 5.79. The number of rotatable bonds is 2. The van der Waals surface area contributed by atoms with E-state index in [1.165, 1.54) is 18.4 Å². The summed E-state index contributed by atoms with van der Waals surface area (Å²) in [5.74, 6) is 1.23. The third kappa shape index (κ3) is 2.60. The lowest BCUT2D eigenvalue weighted by atomic mass is 9.89. The fourth-order valence-electron chi connectivity index (χ4n) is 4.03. The second kappa shape index (κ2) is 5.92. The fraction of sp³-hybridized carbons (Fsp3) is 0.611. The predicted octanol–water partition coefficient (Wildman–Crippen LogP) is 2.33. The first-order chi connectivity index (χ1) is 10.8. The van der Waals surface area contributed by atoms with Gasteiger partial charge < -0.3 is 14.4 Å². The third-order valence-electron chi connectivity index (χ3n) is 5.16. The molecule has 2 atom stereocenters. The molecule has 1 saturated heterocycles. The molecule has 1 amide bonds. The van der Waals surface area contributed by atoms with Crippen molar-refractivity contribution in [3.05, 3.63) is 29.3 Å². The molecular formula is C18H23NO3. The summed E-state index contributed by atoms with van der Waals surface area (Å²) >= 11 is 0. The average Bonchev–Trinajstić information content (AvgIpc) is 3.02. The molecule has 4 heteroatoms. The van der Waals surface area contributed by atoms with Crippen LogP contribution >= 0.6 is 0 Å². The number of hydrogen-bond acceptors (Lipinski definition) is 3. The molecule has 0 N–H and O–H groups in total. The molecule has 0 spiro atoms. The minimum atomic E-state index is 0.249.